The molecule has 0 saturated heterocycles. The van der Waals surface area contributed by atoms with Crippen LogP contribution in [0.5, 0.6) is 5.75 Å². The lowest BCUT2D eigenvalue weighted by molar-refractivity contribution is 0.513. The molecule has 0 radical (unpaired) electrons. The van der Waals surface area contributed by atoms with E-state index in [-0.39, 0.29) is 15.8 Å². The Morgan fingerprint density at radius 1 is 1.23 bits per heavy atom. The van der Waals surface area contributed by atoms with Crippen LogP contribution in [0.15, 0.2) is 18.2 Å². The highest BCUT2D eigenvalue weighted by Gasteiger charge is 2.18. The molecule has 0 aliphatic heterocycles. The van der Waals surface area contributed by atoms with Crippen LogP contribution in [0.25, 0.3) is 0 Å². The van der Waals surface area contributed by atoms with Crippen LogP contribution in [-0.2, 0) is 4.57 Å². The second-order valence-corrected chi connectivity index (χ2v) is 7.04. The van der Waals surface area contributed by atoms with E-state index in [1.54, 1.807) is 12.1 Å². The molecule has 0 spiro atoms. The molecular weight excluding hydrogens is 277 g/mol. The zero-order valence-corrected chi connectivity index (χ0v) is 9.93. The predicted octanol–water partition coefficient (Wildman–Crippen LogP) is 4.96. The van der Waals surface area contributed by atoms with Gasteiger partial charge in [0.2, 0.25) is 0 Å². The van der Waals surface area contributed by atoms with Gasteiger partial charge in [0, 0.05) is 22.5 Å². The molecular formula is C6H3Cl4O2P. The Balaban J connectivity index is 3.03. The SMILES string of the molecule is O=P(Cl)(Cl)Oc1cccc(Cl)c1Cl. The largest absolute Gasteiger partial charge is 0.428 e. The monoisotopic (exact) mass is 278 g/mol. The summed E-state index contributed by atoms with van der Waals surface area (Å²) >= 11 is 21.7. The van der Waals surface area contributed by atoms with E-state index in [0.29, 0.717) is 0 Å². The molecule has 0 amide bonds. The molecule has 72 valence electrons. The van der Waals surface area contributed by atoms with Gasteiger partial charge < -0.3 is 4.52 Å². The Kier molecular flexibility index (Phi) is 3.79. The third-order valence-electron chi connectivity index (χ3n) is 1.12. The first kappa shape index (κ1) is 11.5. The lowest BCUT2D eigenvalue weighted by atomic mass is 10.3. The Hall–Kier alpha value is 0.410. The van der Waals surface area contributed by atoms with E-state index in [4.69, 9.17) is 45.7 Å². The minimum absolute atomic E-state index is 0.0995. The Bertz CT molecular complexity index is 362. The third kappa shape index (κ3) is 3.57. The molecule has 0 aromatic heterocycles. The highest BCUT2D eigenvalue weighted by atomic mass is 35.9. The fraction of sp³-hybridized carbons (Fsp3) is 0. The average molecular weight is 280 g/mol. The first-order valence-electron chi connectivity index (χ1n) is 3.03. The van der Waals surface area contributed by atoms with Crippen molar-refractivity contribution in [1.82, 2.24) is 0 Å². The summed E-state index contributed by atoms with van der Waals surface area (Å²) in [6.45, 7) is 0. The molecule has 0 aliphatic rings. The van der Waals surface area contributed by atoms with E-state index in [9.17, 15) is 4.57 Å². The summed E-state index contributed by atoms with van der Waals surface area (Å²) in [5.41, 5.74) is 0. The molecule has 1 aromatic carbocycles. The highest BCUT2D eigenvalue weighted by Crippen LogP contribution is 2.58. The van der Waals surface area contributed by atoms with E-state index < -0.39 is 6.07 Å². The van der Waals surface area contributed by atoms with Crippen LogP contribution in [0.2, 0.25) is 10.0 Å². The third-order valence-corrected chi connectivity index (χ3v) is 2.75. The van der Waals surface area contributed by atoms with Gasteiger partial charge in [0.25, 0.3) is 0 Å². The van der Waals surface area contributed by atoms with Crippen molar-refractivity contribution in [3.05, 3.63) is 28.2 Å². The van der Waals surface area contributed by atoms with Crippen LogP contribution in [0.4, 0.5) is 0 Å². The molecule has 0 heterocycles. The first-order chi connectivity index (χ1) is 5.90. The van der Waals surface area contributed by atoms with Gasteiger partial charge in [0.05, 0.1) is 5.02 Å². The van der Waals surface area contributed by atoms with Crippen LogP contribution >= 0.6 is 51.8 Å². The summed E-state index contributed by atoms with van der Waals surface area (Å²) in [6, 6.07) is 4.60. The minimum Gasteiger partial charge on any atom is -0.421 e. The van der Waals surface area contributed by atoms with Crippen molar-refractivity contribution in [2.24, 2.45) is 0 Å². The molecule has 0 unspecified atom stereocenters. The number of halogens is 4. The van der Waals surface area contributed by atoms with E-state index in [1.165, 1.54) is 6.07 Å². The second kappa shape index (κ2) is 4.29. The Morgan fingerprint density at radius 2 is 1.85 bits per heavy atom. The van der Waals surface area contributed by atoms with Crippen molar-refractivity contribution >= 4 is 51.8 Å². The van der Waals surface area contributed by atoms with Gasteiger partial charge >= 0.3 is 6.07 Å². The zero-order valence-electron chi connectivity index (χ0n) is 6.01. The maximum absolute atomic E-state index is 10.9. The quantitative estimate of drug-likeness (QED) is 0.716. The molecule has 0 saturated carbocycles. The lowest BCUT2D eigenvalue weighted by Crippen LogP contribution is -1.83. The van der Waals surface area contributed by atoms with Crippen LogP contribution < -0.4 is 4.52 Å². The van der Waals surface area contributed by atoms with E-state index in [1.807, 2.05) is 0 Å². The maximum Gasteiger partial charge on any atom is 0.428 e. The summed E-state index contributed by atoms with van der Waals surface area (Å²) < 4.78 is 15.5. The van der Waals surface area contributed by atoms with Crippen molar-refractivity contribution in [3.63, 3.8) is 0 Å². The number of hydrogen-bond donors (Lipinski definition) is 0. The van der Waals surface area contributed by atoms with Gasteiger partial charge in [-0.15, -0.1) is 0 Å². The predicted molar refractivity (Wildman–Crippen MR) is 56.4 cm³/mol. The summed E-state index contributed by atoms with van der Waals surface area (Å²) in [7, 11) is 0. The van der Waals surface area contributed by atoms with Crippen LogP contribution in [0.1, 0.15) is 0 Å². The molecule has 0 bridgehead atoms. The van der Waals surface area contributed by atoms with Crippen LogP contribution in [0, 0.1) is 0 Å². The van der Waals surface area contributed by atoms with E-state index in [2.05, 4.69) is 4.52 Å². The summed E-state index contributed by atoms with van der Waals surface area (Å²) in [6.07, 6.45) is -3.63. The summed E-state index contributed by atoms with van der Waals surface area (Å²) in [4.78, 5) is 0. The number of hydrogen-bond acceptors (Lipinski definition) is 2. The van der Waals surface area contributed by atoms with Gasteiger partial charge in [-0.05, 0) is 12.1 Å². The topological polar surface area (TPSA) is 26.3 Å². The summed E-state index contributed by atoms with van der Waals surface area (Å²) in [5.74, 6) is 0.0995. The Labute approximate surface area is 94.7 Å². The normalized spacial score (nSPS) is 11.4. The number of rotatable bonds is 2. The van der Waals surface area contributed by atoms with Gasteiger partial charge in [-0.3, -0.25) is 0 Å². The van der Waals surface area contributed by atoms with Crippen molar-refractivity contribution in [2.75, 3.05) is 0 Å². The highest BCUT2D eigenvalue weighted by molar-refractivity contribution is 8.05. The van der Waals surface area contributed by atoms with Crippen molar-refractivity contribution < 1.29 is 9.09 Å². The van der Waals surface area contributed by atoms with E-state index >= 15 is 0 Å². The molecule has 0 fully saturated rings. The van der Waals surface area contributed by atoms with Gasteiger partial charge in [-0.25, -0.2) is 4.57 Å². The van der Waals surface area contributed by atoms with Crippen LogP contribution in [0.3, 0.4) is 0 Å². The molecule has 2 nitrogen and oxygen atoms in total. The van der Waals surface area contributed by atoms with Gasteiger partial charge in [0.15, 0.2) is 0 Å². The number of benzene rings is 1. The smallest absolute Gasteiger partial charge is 0.421 e. The van der Waals surface area contributed by atoms with E-state index in [0.717, 1.165) is 0 Å². The lowest BCUT2D eigenvalue weighted by Gasteiger charge is -2.07. The molecule has 1 aromatic rings. The Morgan fingerprint density at radius 3 is 2.38 bits per heavy atom. The molecule has 1 rings (SSSR count). The summed E-state index contributed by atoms with van der Waals surface area (Å²) in [5, 5.41) is 0.409. The second-order valence-electron chi connectivity index (χ2n) is 2.06. The van der Waals surface area contributed by atoms with Crippen LogP contribution in [-0.4, -0.2) is 0 Å². The van der Waals surface area contributed by atoms with Gasteiger partial charge in [-0.2, -0.15) is 0 Å². The molecule has 0 aliphatic carbocycles. The van der Waals surface area contributed by atoms with Gasteiger partial charge in [-0.1, -0.05) is 29.3 Å². The van der Waals surface area contributed by atoms with Crippen molar-refractivity contribution in [3.8, 4) is 5.75 Å². The average Bonchev–Trinajstić information content (AvgIpc) is 1.96. The fourth-order valence-corrected chi connectivity index (χ4v) is 1.88. The fourth-order valence-electron chi connectivity index (χ4n) is 0.669. The standard InChI is InChI=1S/C6H3Cl4O2P/c7-4-2-1-3-5(6(4)8)12-13(9,10)11/h1-3H. The minimum atomic E-state index is -3.63. The van der Waals surface area contributed by atoms with Crippen molar-refractivity contribution in [2.45, 2.75) is 0 Å². The first-order valence-corrected chi connectivity index (χ1v) is 7.22. The molecule has 0 atom stereocenters. The molecule has 0 N–H and O–H groups in total. The molecule has 7 heteroatoms. The molecule has 13 heavy (non-hydrogen) atoms. The van der Waals surface area contributed by atoms with Crippen molar-refractivity contribution in [1.29, 1.82) is 0 Å². The zero-order chi connectivity index (χ0) is 10.1. The van der Waals surface area contributed by atoms with Gasteiger partial charge in [0.1, 0.15) is 10.8 Å². The maximum atomic E-state index is 10.9.